The lowest BCUT2D eigenvalue weighted by Gasteiger charge is -2.25. The zero-order valence-electron chi connectivity index (χ0n) is 25.2. The number of rotatable bonds is 3. The van der Waals surface area contributed by atoms with Gasteiger partial charge in [-0.15, -0.1) is 0 Å². The van der Waals surface area contributed by atoms with E-state index >= 15 is 0 Å². The first-order valence-electron chi connectivity index (χ1n) is 15.6. The second-order valence-electron chi connectivity index (χ2n) is 12.6. The van der Waals surface area contributed by atoms with Gasteiger partial charge in [0.25, 0.3) is 0 Å². The van der Waals surface area contributed by atoms with E-state index in [4.69, 9.17) is 4.98 Å². The molecule has 7 aromatic carbocycles. The van der Waals surface area contributed by atoms with Gasteiger partial charge in [-0.05, 0) is 96.9 Å². The van der Waals surface area contributed by atoms with Crippen molar-refractivity contribution in [2.75, 3.05) is 0 Å². The number of aromatic nitrogens is 2. The molecule has 0 N–H and O–H groups in total. The molecule has 0 saturated carbocycles. The third-order valence-electron chi connectivity index (χ3n) is 9.90. The van der Waals surface area contributed by atoms with Crippen LogP contribution in [0.3, 0.4) is 0 Å². The number of fused-ring (bicyclic) bond motifs is 11. The van der Waals surface area contributed by atoms with Crippen LogP contribution in [0.4, 0.5) is 0 Å². The molecule has 0 aliphatic heterocycles. The second-order valence-corrected chi connectivity index (χ2v) is 12.6. The number of benzene rings is 7. The van der Waals surface area contributed by atoms with Crippen molar-refractivity contribution in [3.8, 4) is 33.6 Å². The Labute approximate surface area is 257 Å². The molecule has 0 atom stereocenters. The van der Waals surface area contributed by atoms with Crippen molar-refractivity contribution in [2.45, 2.75) is 32.7 Å². The standard InChI is InChI=1S/C42H32N2/c1-4-44-37-19-10-9-18-36(37)43-41(44)29-13-11-12-26(25-29)27-20-22-30-28(24-27)21-23-35-38-33-16-7-5-14-31(33)32-15-6-8-17-34(32)40(38)42(2,3)39(30)35/h5-25H,4H2,1-3H3. The summed E-state index contributed by atoms with van der Waals surface area (Å²) in [6.45, 7) is 7.89. The third kappa shape index (κ3) is 3.40. The molecule has 9 rings (SSSR count). The Morgan fingerprint density at radius 2 is 1.25 bits per heavy atom. The van der Waals surface area contributed by atoms with Crippen molar-refractivity contribution in [3.63, 3.8) is 0 Å². The smallest absolute Gasteiger partial charge is 0.141 e. The SMILES string of the molecule is CCn1c(-c2cccc(-c3ccc4c5c(ccc4c3)-c3c(c4ccccc4c4ccccc34)C5(C)C)c2)nc2ccccc21. The van der Waals surface area contributed by atoms with Gasteiger partial charge >= 0.3 is 0 Å². The van der Waals surface area contributed by atoms with Crippen molar-refractivity contribution in [1.29, 1.82) is 0 Å². The summed E-state index contributed by atoms with van der Waals surface area (Å²) in [5.74, 6) is 1.02. The molecular formula is C42H32N2. The molecule has 1 aromatic heterocycles. The molecule has 1 aliphatic rings. The minimum absolute atomic E-state index is 0.130. The summed E-state index contributed by atoms with van der Waals surface area (Å²) < 4.78 is 2.31. The lowest BCUT2D eigenvalue weighted by molar-refractivity contribution is 0.672. The lowest BCUT2D eigenvalue weighted by atomic mass is 9.77. The maximum atomic E-state index is 5.02. The highest BCUT2D eigenvalue weighted by atomic mass is 15.1. The van der Waals surface area contributed by atoms with E-state index in [1.807, 2.05) is 0 Å². The van der Waals surface area contributed by atoms with E-state index in [0.29, 0.717) is 0 Å². The first-order valence-corrected chi connectivity index (χ1v) is 15.6. The summed E-state index contributed by atoms with van der Waals surface area (Å²) in [5.41, 5.74) is 11.3. The van der Waals surface area contributed by atoms with E-state index in [9.17, 15) is 0 Å². The van der Waals surface area contributed by atoms with E-state index < -0.39 is 0 Å². The minimum atomic E-state index is -0.130. The molecule has 8 aromatic rings. The second kappa shape index (κ2) is 9.14. The van der Waals surface area contributed by atoms with Gasteiger partial charge in [0.2, 0.25) is 0 Å². The molecule has 44 heavy (non-hydrogen) atoms. The number of imidazole rings is 1. The fraction of sp³-hybridized carbons (Fsp3) is 0.119. The molecule has 210 valence electrons. The molecular weight excluding hydrogens is 532 g/mol. The summed E-state index contributed by atoms with van der Waals surface area (Å²) in [5, 5.41) is 8.00. The lowest BCUT2D eigenvalue weighted by Crippen LogP contribution is -2.16. The number of para-hydroxylation sites is 2. The molecule has 2 nitrogen and oxygen atoms in total. The topological polar surface area (TPSA) is 17.8 Å². The van der Waals surface area contributed by atoms with Crippen molar-refractivity contribution in [1.82, 2.24) is 9.55 Å². The van der Waals surface area contributed by atoms with Gasteiger partial charge in [0.1, 0.15) is 5.82 Å². The van der Waals surface area contributed by atoms with E-state index in [1.165, 1.54) is 71.2 Å². The molecule has 0 unspecified atom stereocenters. The third-order valence-corrected chi connectivity index (χ3v) is 9.90. The van der Waals surface area contributed by atoms with Crippen LogP contribution in [0.15, 0.2) is 127 Å². The maximum Gasteiger partial charge on any atom is 0.141 e. The number of hydrogen-bond donors (Lipinski definition) is 0. The fourth-order valence-electron chi connectivity index (χ4n) is 8.04. The van der Waals surface area contributed by atoms with Crippen molar-refractivity contribution >= 4 is 43.4 Å². The maximum absolute atomic E-state index is 5.02. The molecule has 1 heterocycles. The number of nitrogens with zero attached hydrogens (tertiary/aromatic N) is 2. The summed E-state index contributed by atoms with van der Waals surface area (Å²) >= 11 is 0. The molecule has 0 spiro atoms. The highest BCUT2D eigenvalue weighted by molar-refractivity contribution is 6.19. The summed E-state index contributed by atoms with van der Waals surface area (Å²) in [6, 6.07) is 46.9. The quantitative estimate of drug-likeness (QED) is 0.195. The first kappa shape index (κ1) is 25.3. The van der Waals surface area contributed by atoms with E-state index in [2.05, 4.69) is 153 Å². The Balaban J connectivity index is 1.22. The first-order chi connectivity index (χ1) is 21.5. The monoisotopic (exact) mass is 564 g/mol. The Bertz CT molecular complexity index is 2460. The Kier molecular flexibility index (Phi) is 5.26. The summed E-state index contributed by atoms with van der Waals surface area (Å²) in [6.07, 6.45) is 0. The highest BCUT2D eigenvalue weighted by Gasteiger charge is 2.39. The highest BCUT2D eigenvalue weighted by Crippen LogP contribution is 2.56. The van der Waals surface area contributed by atoms with Gasteiger partial charge < -0.3 is 4.57 Å². The molecule has 0 bridgehead atoms. The Hall–Kier alpha value is -5.21. The molecule has 0 saturated heterocycles. The average Bonchev–Trinajstić information content (AvgIpc) is 3.57. The van der Waals surface area contributed by atoms with Crippen LogP contribution < -0.4 is 0 Å². The Morgan fingerprint density at radius 1 is 0.568 bits per heavy atom. The largest absolute Gasteiger partial charge is 0.324 e. The van der Waals surface area contributed by atoms with E-state index in [1.54, 1.807) is 0 Å². The van der Waals surface area contributed by atoms with Gasteiger partial charge in [0.05, 0.1) is 11.0 Å². The van der Waals surface area contributed by atoms with E-state index in [0.717, 1.165) is 23.4 Å². The molecule has 1 aliphatic carbocycles. The van der Waals surface area contributed by atoms with Crippen LogP contribution in [0, 0.1) is 0 Å². The molecule has 0 radical (unpaired) electrons. The summed E-state index contributed by atoms with van der Waals surface area (Å²) in [7, 11) is 0. The van der Waals surface area contributed by atoms with Crippen LogP contribution in [0.1, 0.15) is 31.9 Å². The van der Waals surface area contributed by atoms with Gasteiger partial charge in [-0.25, -0.2) is 4.98 Å². The van der Waals surface area contributed by atoms with Crippen molar-refractivity contribution in [3.05, 3.63) is 139 Å². The molecule has 0 fully saturated rings. The van der Waals surface area contributed by atoms with Crippen LogP contribution >= 0.6 is 0 Å². The zero-order chi connectivity index (χ0) is 29.6. The van der Waals surface area contributed by atoms with Crippen LogP contribution in [-0.2, 0) is 12.0 Å². The average molecular weight is 565 g/mol. The van der Waals surface area contributed by atoms with Crippen LogP contribution in [-0.4, -0.2) is 9.55 Å². The van der Waals surface area contributed by atoms with Crippen LogP contribution in [0.2, 0.25) is 0 Å². The van der Waals surface area contributed by atoms with Gasteiger partial charge in [-0.3, -0.25) is 0 Å². The summed E-state index contributed by atoms with van der Waals surface area (Å²) in [4.78, 5) is 5.02. The zero-order valence-corrected chi connectivity index (χ0v) is 25.2. The fourth-order valence-corrected chi connectivity index (χ4v) is 8.04. The van der Waals surface area contributed by atoms with E-state index in [-0.39, 0.29) is 5.41 Å². The van der Waals surface area contributed by atoms with Crippen LogP contribution in [0.5, 0.6) is 0 Å². The normalized spacial score (nSPS) is 13.6. The molecule has 0 amide bonds. The van der Waals surface area contributed by atoms with Gasteiger partial charge in [-0.1, -0.05) is 117 Å². The predicted molar refractivity (Wildman–Crippen MR) is 186 cm³/mol. The van der Waals surface area contributed by atoms with Gasteiger partial charge in [0, 0.05) is 17.5 Å². The number of aryl methyl sites for hydroxylation is 1. The van der Waals surface area contributed by atoms with Gasteiger partial charge in [0.15, 0.2) is 0 Å². The number of hydrogen-bond acceptors (Lipinski definition) is 1. The van der Waals surface area contributed by atoms with Gasteiger partial charge in [-0.2, -0.15) is 0 Å². The van der Waals surface area contributed by atoms with Crippen molar-refractivity contribution < 1.29 is 0 Å². The van der Waals surface area contributed by atoms with Crippen LogP contribution in [0.25, 0.3) is 77.0 Å². The van der Waals surface area contributed by atoms with Crippen molar-refractivity contribution in [2.24, 2.45) is 0 Å². The molecule has 2 heteroatoms. The Morgan fingerprint density at radius 3 is 2.07 bits per heavy atom. The predicted octanol–water partition coefficient (Wildman–Crippen LogP) is 11.2. The minimum Gasteiger partial charge on any atom is -0.324 e.